The van der Waals surface area contributed by atoms with Crippen molar-refractivity contribution < 1.29 is 18.5 Å². The van der Waals surface area contributed by atoms with Crippen molar-refractivity contribution in [3.8, 4) is 11.5 Å². The number of carbonyl (C=O) groups excluding carboxylic acids is 2. The van der Waals surface area contributed by atoms with Crippen molar-refractivity contribution >= 4 is 28.6 Å². The number of furan rings is 1. The number of anilines is 1. The van der Waals surface area contributed by atoms with Crippen LogP contribution in [0.25, 0.3) is 22.6 Å². The van der Waals surface area contributed by atoms with Crippen LogP contribution in [0.4, 0.5) is 5.69 Å². The van der Waals surface area contributed by atoms with Crippen LogP contribution in [0, 0.1) is 12.8 Å². The quantitative estimate of drug-likeness (QED) is 0.518. The van der Waals surface area contributed by atoms with E-state index in [1.165, 1.54) is 0 Å². The molecule has 162 valence electrons. The van der Waals surface area contributed by atoms with E-state index in [0.29, 0.717) is 41.2 Å². The Morgan fingerprint density at radius 3 is 2.78 bits per heavy atom. The predicted octanol–water partition coefficient (Wildman–Crippen LogP) is 4.28. The Morgan fingerprint density at radius 1 is 1.16 bits per heavy atom. The number of nitrogens with one attached hydrogen (secondary N) is 1. The van der Waals surface area contributed by atoms with Crippen LogP contribution in [0.1, 0.15) is 28.9 Å². The molecule has 0 aliphatic carbocycles. The van der Waals surface area contributed by atoms with Crippen LogP contribution in [0.5, 0.6) is 0 Å². The molecule has 4 aromatic rings. The van der Waals surface area contributed by atoms with Crippen molar-refractivity contribution in [3.05, 3.63) is 66.1 Å². The van der Waals surface area contributed by atoms with Crippen molar-refractivity contribution in [2.24, 2.45) is 5.92 Å². The summed E-state index contributed by atoms with van der Waals surface area (Å²) in [5.41, 5.74) is 2.58. The molecule has 4 heterocycles. The standard InChI is InChI=1S/C24H22N4O4/c1-15-21-18(13-19(20-10-6-12-31-20)26-23(21)32-27-15)24(30)28-11-5-7-16(14-28)22(29)25-17-8-3-2-4-9-17/h2-4,6,8-10,12-13,16H,5,7,11,14H2,1H3,(H,25,29)/t16-/m1/s1. The first-order valence-corrected chi connectivity index (χ1v) is 10.6. The van der Waals surface area contributed by atoms with Crippen LogP contribution < -0.4 is 5.32 Å². The third-order valence-electron chi connectivity index (χ3n) is 5.74. The van der Waals surface area contributed by atoms with Crippen LogP contribution in [-0.2, 0) is 4.79 Å². The van der Waals surface area contributed by atoms with Gasteiger partial charge in [0.15, 0.2) is 5.76 Å². The number of hydrogen-bond acceptors (Lipinski definition) is 6. The van der Waals surface area contributed by atoms with E-state index in [0.717, 1.165) is 18.5 Å². The van der Waals surface area contributed by atoms with E-state index in [-0.39, 0.29) is 23.4 Å². The molecule has 0 saturated carbocycles. The number of benzene rings is 1. The minimum atomic E-state index is -0.279. The van der Waals surface area contributed by atoms with Gasteiger partial charge in [-0.1, -0.05) is 23.4 Å². The summed E-state index contributed by atoms with van der Waals surface area (Å²) in [7, 11) is 0. The maximum atomic E-state index is 13.6. The Hall–Kier alpha value is -3.94. The zero-order chi connectivity index (χ0) is 22.1. The van der Waals surface area contributed by atoms with Gasteiger partial charge in [0, 0.05) is 18.8 Å². The summed E-state index contributed by atoms with van der Waals surface area (Å²) in [4.78, 5) is 32.6. The zero-order valence-corrected chi connectivity index (χ0v) is 17.6. The molecule has 8 nitrogen and oxygen atoms in total. The number of para-hydroxylation sites is 1. The average molecular weight is 430 g/mol. The highest BCUT2D eigenvalue weighted by atomic mass is 16.5. The fraction of sp³-hybridized carbons (Fsp3) is 0.250. The molecule has 5 rings (SSSR count). The average Bonchev–Trinajstić information content (AvgIpc) is 3.49. The van der Waals surface area contributed by atoms with Crippen molar-refractivity contribution in [2.75, 3.05) is 18.4 Å². The summed E-state index contributed by atoms with van der Waals surface area (Å²) in [5, 5.41) is 7.53. The smallest absolute Gasteiger partial charge is 0.259 e. The van der Waals surface area contributed by atoms with Crippen LogP contribution in [0.3, 0.4) is 0 Å². The summed E-state index contributed by atoms with van der Waals surface area (Å²) in [5.74, 6) is 0.00633. The molecule has 1 N–H and O–H groups in total. The molecule has 0 bridgehead atoms. The highest BCUT2D eigenvalue weighted by molar-refractivity contribution is 6.07. The third-order valence-corrected chi connectivity index (χ3v) is 5.74. The molecule has 3 aromatic heterocycles. The molecule has 0 radical (unpaired) electrons. The van der Waals surface area contributed by atoms with Gasteiger partial charge in [0.25, 0.3) is 11.6 Å². The minimum Gasteiger partial charge on any atom is -0.463 e. The molecular weight excluding hydrogens is 408 g/mol. The van der Waals surface area contributed by atoms with Gasteiger partial charge in [0.2, 0.25) is 5.91 Å². The number of likely N-dealkylation sites (tertiary alicyclic amines) is 1. The second kappa shape index (κ2) is 8.30. The predicted molar refractivity (Wildman–Crippen MR) is 118 cm³/mol. The van der Waals surface area contributed by atoms with Gasteiger partial charge >= 0.3 is 0 Å². The van der Waals surface area contributed by atoms with Crippen LogP contribution in [0.2, 0.25) is 0 Å². The van der Waals surface area contributed by atoms with Crippen LogP contribution in [-0.4, -0.2) is 39.9 Å². The van der Waals surface area contributed by atoms with Gasteiger partial charge in [-0.25, -0.2) is 4.98 Å². The lowest BCUT2D eigenvalue weighted by atomic mass is 9.96. The summed E-state index contributed by atoms with van der Waals surface area (Å²) >= 11 is 0. The van der Waals surface area contributed by atoms with Gasteiger partial charge in [0.05, 0.1) is 28.8 Å². The van der Waals surface area contributed by atoms with Crippen LogP contribution in [0.15, 0.2) is 63.7 Å². The van der Waals surface area contributed by atoms with Crippen molar-refractivity contribution in [3.63, 3.8) is 0 Å². The number of pyridine rings is 1. The molecule has 0 unspecified atom stereocenters. The van der Waals surface area contributed by atoms with E-state index in [1.54, 1.807) is 36.3 Å². The number of aromatic nitrogens is 2. The van der Waals surface area contributed by atoms with Gasteiger partial charge in [0.1, 0.15) is 5.69 Å². The van der Waals surface area contributed by atoms with E-state index >= 15 is 0 Å². The summed E-state index contributed by atoms with van der Waals surface area (Å²) in [6, 6.07) is 14.6. The number of hydrogen-bond donors (Lipinski definition) is 1. The van der Waals surface area contributed by atoms with Gasteiger partial charge in [-0.2, -0.15) is 0 Å². The Bertz CT molecular complexity index is 1260. The lowest BCUT2D eigenvalue weighted by Gasteiger charge is -2.32. The monoisotopic (exact) mass is 430 g/mol. The number of carbonyl (C=O) groups is 2. The minimum absolute atomic E-state index is 0.0778. The fourth-order valence-corrected chi connectivity index (χ4v) is 4.13. The first-order chi connectivity index (χ1) is 15.6. The largest absolute Gasteiger partial charge is 0.463 e. The van der Waals surface area contributed by atoms with E-state index in [4.69, 9.17) is 8.94 Å². The number of rotatable bonds is 4. The summed E-state index contributed by atoms with van der Waals surface area (Å²) in [6.45, 7) is 2.71. The third kappa shape index (κ3) is 3.75. The maximum Gasteiger partial charge on any atom is 0.259 e. The molecule has 1 saturated heterocycles. The Balaban J connectivity index is 1.42. The highest BCUT2D eigenvalue weighted by Crippen LogP contribution is 2.29. The molecule has 0 spiro atoms. The van der Waals surface area contributed by atoms with Gasteiger partial charge in [-0.05, 0) is 50.1 Å². The molecule has 1 aliphatic rings. The summed E-state index contributed by atoms with van der Waals surface area (Å²) in [6.07, 6.45) is 3.04. The second-order valence-electron chi connectivity index (χ2n) is 7.93. The van der Waals surface area contributed by atoms with Gasteiger partial charge in [-0.3, -0.25) is 9.59 Å². The van der Waals surface area contributed by atoms with Gasteiger partial charge < -0.3 is 19.2 Å². The van der Waals surface area contributed by atoms with E-state index in [2.05, 4.69) is 15.5 Å². The number of amides is 2. The number of aryl methyl sites for hydroxylation is 1. The molecular formula is C24H22N4O4. The van der Waals surface area contributed by atoms with Crippen molar-refractivity contribution in [1.29, 1.82) is 0 Å². The molecule has 1 atom stereocenters. The molecule has 1 aromatic carbocycles. The van der Waals surface area contributed by atoms with Crippen molar-refractivity contribution in [1.82, 2.24) is 15.0 Å². The number of fused-ring (bicyclic) bond motifs is 1. The van der Waals surface area contributed by atoms with Crippen LogP contribution >= 0.6 is 0 Å². The lowest BCUT2D eigenvalue weighted by Crippen LogP contribution is -2.43. The number of nitrogens with zero attached hydrogens (tertiary/aromatic N) is 3. The van der Waals surface area contributed by atoms with E-state index in [9.17, 15) is 9.59 Å². The van der Waals surface area contributed by atoms with Gasteiger partial charge in [-0.15, -0.1) is 0 Å². The molecule has 32 heavy (non-hydrogen) atoms. The summed E-state index contributed by atoms with van der Waals surface area (Å²) < 4.78 is 10.8. The second-order valence-corrected chi connectivity index (χ2v) is 7.93. The highest BCUT2D eigenvalue weighted by Gasteiger charge is 2.31. The van der Waals surface area contributed by atoms with E-state index < -0.39 is 0 Å². The Labute approximate surface area is 184 Å². The zero-order valence-electron chi connectivity index (χ0n) is 17.6. The fourth-order valence-electron chi connectivity index (χ4n) is 4.13. The molecule has 1 fully saturated rings. The van der Waals surface area contributed by atoms with E-state index in [1.807, 2.05) is 30.3 Å². The normalized spacial score (nSPS) is 16.3. The maximum absolute atomic E-state index is 13.6. The first-order valence-electron chi connectivity index (χ1n) is 10.6. The number of piperidine rings is 1. The Morgan fingerprint density at radius 2 is 2.00 bits per heavy atom. The lowest BCUT2D eigenvalue weighted by molar-refractivity contribution is -0.121. The molecule has 8 heteroatoms. The first kappa shape index (κ1) is 20.0. The Kier molecular flexibility index (Phi) is 5.18. The van der Waals surface area contributed by atoms with Crippen molar-refractivity contribution in [2.45, 2.75) is 19.8 Å². The topological polar surface area (TPSA) is 101 Å². The molecule has 2 amide bonds. The molecule has 1 aliphatic heterocycles. The SMILES string of the molecule is Cc1noc2nc(-c3ccco3)cc(C(=O)N3CCC[C@@H](C(=O)Nc4ccccc4)C3)c12.